The van der Waals surface area contributed by atoms with Gasteiger partial charge in [0.2, 0.25) is 0 Å². The van der Waals surface area contributed by atoms with Crippen LogP contribution in [-0.2, 0) is 0 Å². The minimum absolute atomic E-state index is 0.00217. The largest absolute Gasteiger partial charge is 0.198 e. The van der Waals surface area contributed by atoms with Crippen LogP contribution >= 0.6 is 0 Å². The number of allylic oxidation sites excluding steroid dienone is 1. The fraction of sp³-hybridized carbons (Fsp3) is 0.833. The zero-order chi connectivity index (χ0) is 18.4. The molecule has 0 amide bonds. The maximum atomic E-state index is 8.67. The summed E-state index contributed by atoms with van der Waals surface area (Å²) in [5, 5.41) is 8.67. The van der Waals surface area contributed by atoms with Crippen LogP contribution in [0.2, 0.25) is 0 Å². The van der Waals surface area contributed by atoms with Crippen molar-refractivity contribution in [2.75, 3.05) is 0 Å². The van der Waals surface area contributed by atoms with Gasteiger partial charge in [-0.1, -0.05) is 109 Å². The molecule has 0 N–H and O–H groups in total. The molecule has 0 aliphatic heterocycles. The lowest BCUT2D eigenvalue weighted by Gasteiger charge is -2.04. The average Bonchev–Trinajstić information content (AvgIpc) is 2.63. The second-order valence-corrected chi connectivity index (χ2v) is 7.70. The summed E-state index contributed by atoms with van der Waals surface area (Å²) in [6, 6.07) is 2.21. The van der Waals surface area contributed by atoms with Gasteiger partial charge < -0.3 is 0 Å². The summed E-state index contributed by atoms with van der Waals surface area (Å²) in [6.45, 7) is 7.58. The molecule has 0 aromatic rings. The molecule has 0 saturated carbocycles. The van der Waals surface area contributed by atoms with Gasteiger partial charge in [0.15, 0.2) is 0 Å². The molecule has 1 nitrogen and oxygen atoms in total. The minimum Gasteiger partial charge on any atom is -0.198 e. The van der Waals surface area contributed by atoms with Crippen molar-refractivity contribution >= 4 is 0 Å². The zero-order valence-electron chi connectivity index (χ0n) is 17.0. The molecular formula is C24H44N. The SMILES string of the molecule is [CH2]C(C#N)CCCCCCCCCCCCCCCCCCCC=C. The number of nitrogens with zero attached hydrogens (tertiary/aromatic N) is 1. The molecule has 25 heavy (non-hydrogen) atoms. The smallest absolute Gasteiger partial charge is 0.0655 e. The first-order chi connectivity index (χ1) is 12.3. The van der Waals surface area contributed by atoms with Crippen LogP contribution in [0, 0.1) is 24.2 Å². The number of rotatable bonds is 20. The highest BCUT2D eigenvalue weighted by molar-refractivity contribution is 4.83. The summed E-state index contributed by atoms with van der Waals surface area (Å²) in [4.78, 5) is 0. The second-order valence-electron chi connectivity index (χ2n) is 7.70. The summed E-state index contributed by atoms with van der Waals surface area (Å²) >= 11 is 0. The molecule has 145 valence electrons. The highest BCUT2D eigenvalue weighted by Gasteiger charge is 1.99. The summed E-state index contributed by atoms with van der Waals surface area (Å²) < 4.78 is 0. The van der Waals surface area contributed by atoms with Crippen LogP contribution in [0.1, 0.15) is 122 Å². The Balaban J connectivity index is 3.01. The van der Waals surface area contributed by atoms with Crippen LogP contribution in [0.4, 0.5) is 0 Å². The molecule has 1 atom stereocenters. The van der Waals surface area contributed by atoms with Crippen molar-refractivity contribution in [3.8, 4) is 6.07 Å². The van der Waals surface area contributed by atoms with Crippen LogP contribution < -0.4 is 0 Å². The Hall–Kier alpha value is -0.770. The third kappa shape index (κ3) is 21.2. The second kappa shape index (κ2) is 21.3. The number of hydrogen-bond donors (Lipinski definition) is 0. The zero-order valence-corrected chi connectivity index (χ0v) is 17.0. The number of unbranched alkanes of at least 4 members (excludes halogenated alkanes) is 17. The lowest BCUT2D eigenvalue weighted by Crippen LogP contribution is -1.90. The van der Waals surface area contributed by atoms with Crippen LogP contribution in [0.5, 0.6) is 0 Å². The van der Waals surface area contributed by atoms with Crippen molar-refractivity contribution in [3.05, 3.63) is 19.6 Å². The first-order valence-corrected chi connectivity index (χ1v) is 11.1. The van der Waals surface area contributed by atoms with E-state index >= 15 is 0 Å². The van der Waals surface area contributed by atoms with Crippen molar-refractivity contribution in [1.82, 2.24) is 0 Å². The third-order valence-corrected chi connectivity index (χ3v) is 5.14. The first kappa shape index (κ1) is 24.2. The maximum Gasteiger partial charge on any atom is 0.0655 e. The molecule has 0 rings (SSSR count). The van der Waals surface area contributed by atoms with Crippen molar-refractivity contribution in [2.24, 2.45) is 5.92 Å². The fourth-order valence-electron chi connectivity index (χ4n) is 3.40. The molecule has 0 bridgehead atoms. The monoisotopic (exact) mass is 346 g/mol. The molecule has 0 aliphatic rings. The van der Waals surface area contributed by atoms with Gasteiger partial charge in [-0.3, -0.25) is 0 Å². The molecule has 0 aromatic carbocycles. The Labute approximate surface area is 159 Å². The van der Waals surface area contributed by atoms with Crippen LogP contribution in [0.3, 0.4) is 0 Å². The van der Waals surface area contributed by atoms with Gasteiger partial charge in [-0.2, -0.15) is 5.26 Å². The van der Waals surface area contributed by atoms with E-state index in [-0.39, 0.29) is 5.92 Å². The third-order valence-electron chi connectivity index (χ3n) is 5.14. The van der Waals surface area contributed by atoms with Gasteiger partial charge in [-0.15, -0.1) is 6.58 Å². The molecule has 0 aliphatic carbocycles. The molecule has 0 heterocycles. The Bertz CT molecular complexity index is 302. The van der Waals surface area contributed by atoms with E-state index in [1.54, 1.807) is 0 Å². The summed E-state index contributed by atoms with van der Waals surface area (Å²) in [7, 11) is 0. The lowest BCUT2D eigenvalue weighted by molar-refractivity contribution is 0.520. The van der Waals surface area contributed by atoms with Gasteiger partial charge in [0.25, 0.3) is 0 Å². The van der Waals surface area contributed by atoms with E-state index in [0.717, 1.165) is 6.42 Å². The molecule has 1 radical (unpaired) electrons. The van der Waals surface area contributed by atoms with E-state index in [0.29, 0.717) is 0 Å². The molecule has 1 unspecified atom stereocenters. The molecular weight excluding hydrogens is 302 g/mol. The predicted molar refractivity (Wildman–Crippen MR) is 112 cm³/mol. The van der Waals surface area contributed by atoms with Crippen LogP contribution in [0.15, 0.2) is 12.7 Å². The topological polar surface area (TPSA) is 23.8 Å². The fourth-order valence-corrected chi connectivity index (χ4v) is 3.40. The highest BCUT2D eigenvalue weighted by Crippen LogP contribution is 2.15. The Morgan fingerprint density at radius 3 is 1.24 bits per heavy atom. The summed E-state index contributed by atoms with van der Waals surface area (Å²) in [6.07, 6.45) is 27.9. The van der Waals surface area contributed by atoms with Gasteiger partial charge in [-0.05, 0) is 26.2 Å². The summed E-state index contributed by atoms with van der Waals surface area (Å²) in [5.41, 5.74) is 0. The van der Waals surface area contributed by atoms with Gasteiger partial charge in [0.05, 0.1) is 6.07 Å². The Morgan fingerprint density at radius 2 is 0.920 bits per heavy atom. The standard InChI is InChI=1S/C24H44N/c1-3-4-5-6-7-8-9-10-11-12-13-14-15-16-17-18-19-20-21-22-24(2)23-25/h3,24H,1-2,4-22H2. The van der Waals surface area contributed by atoms with E-state index in [4.69, 9.17) is 5.26 Å². The maximum absolute atomic E-state index is 8.67. The van der Waals surface area contributed by atoms with E-state index in [9.17, 15) is 0 Å². The Kier molecular flexibility index (Phi) is 20.6. The molecule has 0 spiro atoms. The highest BCUT2D eigenvalue weighted by atomic mass is 14.3. The van der Waals surface area contributed by atoms with E-state index in [2.05, 4.69) is 19.6 Å². The van der Waals surface area contributed by atoms with Gasteiger partial charge in [-0.25, -0.2) is 0 Å². The number of hydrogen-bond acceptors (Lipinski definition) is 1. The van der Waals surface area contributed by atoms with E-state index < -0.39 is 0 Å². The predicted octanol–water partition coefficient (Wildman–Crippen LogP) is 8.56. The van der Waals surface area contributed by atoms with Gasteiger partial charge in [0, 0.05) is 5.92 Å². The van der Waals surface area contributed by atoms with E-state index in [1.165, 1.54) is 116 Å². The van der Waals surface area contributed by atoms with Crippen molar-refractivity contribution < 1.29 is 0 Å². The van der Waals surface area contributed by atoms with Crippen molar-refractivity contribution in [3.63, 3.8) is 0 Å². The van der Waals surface area contributed by atoms with E-state index in [1.807, 2.05) is 6.08 Å². The molecule has 1 heteroatoms. The number of nitriles is 1. The molecule has 0 aromatic heterocycles. The normalized spacial score (nSPS) is 12.0. The van der Waals surface area contributed by atoms with Gasteiger partial charge in [0.1, 0.15) is 0 Å². The summed E-state index contributed by atoms with van der Waals surface area (Å²) in [5.74, 6) is 0.00217. The van der Waals surface area contributed by atoms with Crippen molar-refractivity contribution in [1.29, 1.82) is 5.26 Å². The molecule has 0 saturated heterocycles. The van der Waals surface area contributed by atoms with Crippen LogP contribution in [0.25, 0.3) is 0 Å². The lowest BCUT2D eigenvalue weighted by atomic mass is 10.0. The van der Waals surface area contributed by atoms with Crippen molar-refractivity contribution in [2.45, 2.75) is 122 Å². The molecule has 0 fully saturated rings. The quantitative estimate of drug-likeness (QED) is 0.160. The average molecular weight is 347 g/mol. The minimum atomic E-state index is 0.00217. The van der Waals surface area contributed by atoms with Gasteiger partial charge >= 0.3 is 0 Å². The van der Waals surface area contributed by atoms with Crippen LogP contribution in [-0.4, -0.2) is 0 Å². The Morgan fingerprint density at radius 1 is 0.600 bits per heavy atom. The first-order valence-electron chi connectivity index (χ1n) is 11.1.